The predicted octanol–water partition coefficient (Wildman–Crippen LogP) is 3.67. The third kappa shape index (κ3) is 2.56. The molecule has 0 amide bonds. The summed E-state index contributed by atoms with van der Waals surface area (Å²) in [5.41, 5.74) is 1.07. The molecule has 3 aromatic rings. The summed E-state index contributed by atoms with van der Waals surface area (Å²) in [5.74, 6) is 0.835. The van der Waals surface area contributed by atoms with Gasteiger partial charge in [-0.3, -0.25) is 10.1 Å². The molecule has 0 saturated carbocycles. The van der Waals surface area contributed by atoms with Crippen molar-refractivity contribution in [1.82, 2.24) is 9.97 Å². The number of fused-ring (bicyclic) bond motifs is 1. The Morgan fingerprint density at radius 1 is 1.32 bits per heavy atom. The van der Waals surface area contributed by atoms with Crippen molar-refractivity contribution in [1.29, 1.82) is 0 Å². The van der Waals surface area contributed by atoms with E-state index in [2.05, 4.69) is 16.0 Å². The second-order valence-electron chi connectivity index (χ2n) is 4.45. The van der Waals surface area contributed by atoms with Crippen molar-refractivity contribution in [2.45, 2.75) is 0 Å². The minimum Gasteiger partial charge on any atom is -0.496 e. The topological polar surface area (TPSA) is 78.2 Å². The molecule has 22 heavy (non-hydrogen) atoms. The molecule has 1 aromatic heterocycles. The maximum atomic E-state index is 10.9. The van der Waals surface area contributed by atoms with E-state index in [0.717, 1.165) is 0 Å². The summed E-state index contributed by atoms with van der Waals surface area (Å²) in [4.78, 5) is 19.0. The monoisotopic (exact) mass is 314 g/mol. The summed E-state index contributed by atoms with van der Waals surface area (Å²) in [5, 5.41) is 11.8. The number of ether oxygens (including phenoxy) is 1. The van der Waals surface area contributed by atoms with Gasteiger partial charge in [0.05, 0.1) is 17.5 Å². The maximum Gasteiger partial charge on any atom is 0.270 e. The molecule has 0 aliphatic heterocycles. The van der Waals surface area contributed by atoms with Gasteiger partial charge in [0.1, 0.15) is 10.9 Å². The Kier molecular flexibility index (Phi) is 3.60. The second-order valence-corrected chi connectivity index (χ2v) is 4.80. The molecule has 0 N–H and O–H groups in total. The van der Waals surface area contributed by atoms with Gasteiger partial charge >= 0.3 is 0 Å². The van der Waals surface area contributed by atoms with Gasteiger partial charge in [-0.1, -0.05) is 23.7 Å². The fraction of sp³-hybridized carbons (Fsp3) is 0.0667. The number of benzene rings is 2. The highest BCUT2D eigenvalue weighted by molar-refractivity contribution is 6.34. The number of halogens is 1. The van der Waals surface area contributed by atoms with Crippen LogP contribution in [-0.4, -0.2) is 22.0 Å². The molecule has 0 aliphatic carbocycles. The third-order valence-electron chi connectivity index (χ3n) is 3.09. The van der Waals surface area contributed by atoms with Crippen molar-refractivity contribution in [2.75, 3.05) is 7.11 Å². The zero-order valence-corrected chi connectivity index (χ0v) is 12.2. The van der Waals surface area contributed by atoms with Gasteiger partial charge in [0.25, 0.3) is 5.69 Å². The quantitative estimate of drug-likeness (QED) is 0.419. The Hall–Kier alpha value is -2.73. The average Bonchev–Trinajstić information content (AvgIpc) is 2.54. The van der Waals surface area contributed by atoms with E-state index >= 15 is 0 Å². The summed E-state index contributed by atoms with van der Waals surface area (Å²) in [6.07, 6.45) is 0. The van der Waals surface area contributed by atoms with Crippen LogP contribution in [0.15, 0.2) is 36.4 Å². The van der Waals surface area contributed by atoms with Crippen LogP contribution < -0.4 is 4.74 Å². The molecule has 6 nitrogen and oxygen atoms in total. The van der Waals surface area contributed by atoms with Gasteiger partial charge in [0.15, 0.2) is 5.82 Å². The molecule has 0 atom stereocenters. The summed E-state index contributed by atoms with van der Waals surface area (Å²) in [7, 11) is 1.53. The van der Waals surface area contributed by atoms with E-state index < -0.39 is 4.92 Å². The molecule has 3 rings (SSSR count). The van der Waals surface area contributed by atoms with Gasteiger partial charge in [-0.2, -0.15) is 0 Å². The Bertz CT molecular complexity index is 883. The first kappa shape index (κ1) is 14.2. The molecule has 109 valence electrons. The number of rotatable bonds is 3. The van der Waals surface area contributed by atoms with E-state index in [9.17, 15) is 10.1 Å². The summed E-state index contributed by atoms with van der Waals surface area (Å²) in [6, 6.07) is 12.3. The molecular weight excluding hydrogens is 306 g/mol. The maximum absolute atomic E-state index is 10.9. The van der Waals surface area contributed by atoms with Gasteiger partial charge in [0, 0.05) is 35.2 Å². The number of hydrogen-bond acceptors (Lipinski definition) is 5. The number of non-ortho nitro benzene ring substituents is 1. The van der Waals surface area contributed by atoms with E-state index in [1.165, 1.54) is 19.2 Å². The zero-order chi connectivity index (χ0) is 15.7. The largest absolute Gasteiger partial charge is 0.496 e. The van der Waals surface area contributed by atoms with Crippen LogP contribution in [0.25, 0.3) is 22.3 Å². The smallest absolute Gasteiger partial charge is 0.270 e. The molecular formula is C15H9ClN3O3. The van der Waals surface area contributed by atoms with Gasteiger partial charge in [-0.05, 0) is 6.07 Å². The lowest BCUT2D eigenvalue weighted by atomic mass is 10.1. The average molecular weight is 315 g/mol. The molecule has 1 radical (unpaired) electrons. The van der Waals surface area contributed by atoms with Crippen LogP contribution in [0.5, 0.6) is 5.75 Å². The summed E-state index contributed by atoms with van der Waals surface area (Å²) < 4.78 is 5.11. The van der Waals surface area contributed by atoms with Crippen molar-refractivity contribution in [3.63, 3.8) is 0 Å². The van der Waals surface area contributed by atoms with Crippen molar-refractivity contribution in [2.24, 2.45) is 0 Å². The zero-order valence-electron chi connectivity index (χ0n) is 11.4. The molecule has 0 fully saturated rings. The van der Waals surface area contributed by atoms with Crippen LogP contribution in [0, 0.1) is 16.2 Å². The standard InChI is InChI=1S/C15H9ClN3O3/c1-22-11-5-6-12-13(8-11)17-15(18-14(12)16)9-3-2-4-10(7-9)19(20)21/h2-4,6-8H,1H3. The highest BCUT2D eigenvalue weighted by atomic mass is 35.5. The number of aromatic nitrogens is 2. The second kappa shape index (κ2) is 5.57. The van der Waals surface area contributed by atoms with Crippen LogP contribution >= 0.6 is 11.6 Å². The van der Waals surface area contributed by atoms with E-state index in [-0.39, 0.29) is 10.8 Å². The number of nitro benzene ring substituents is 1. The first-order valence-corrected chi connectivity index (χ1v) is 6.64. The molecule has 0 bridgehead atoms. The van der Waals surface area contributed by atoms with E-state index in [4.69, 9.17) is 16.3 Å². The van der Waals surface area contributed by atoms with Crippen LogP contribution in [0.1, 0.15) is 0 Å². The molecule has 2 aromatic carbocycles. The van der Waals surface area contributed by atoms with Gasteiger partial charge in [0.2, 0.25) is 0 Å². The first-order valence-electron chi connectivity index (χ1n) is 6.26. The Balaban J connectivity index is 2.18. The lowest BCUT2D eigenvalue weighted by Crippen LogP contribution is -1.94. The number of nitrogens with zero attached hydrogens (tertiary/aromatic N) is 3. The van der Waals surface area contributed by atoms with Crippen molar-refractivity contribution in [3.8, 4) is 17.1 Å². The van der Waals surface area contributed by atoms with E-state index in [1.807, 2.05) is 0 Å². The van der Waals surface area contributed by atoms with Crippen LogP contribution in [-0.2, 0) is 0 Å². The van der Waals surface area contributed by atoms with Gasteiger partial charge in [-0.25, -0.2) is 9.97 Å². The van der Waals surface area contributed by atoms with E-state index in [0.29, 0.717) is 28.0 Å². The van der Waals surface area contributed by atoms with Gasteiger partial charge < -0.3 is 4.74 Å². The van der Waals surface area contributed by atoms with Crippen LogP contribution in [0.4, 0.5) is 5.69 Å². The highest BCUT2D eigenvalue weighted by Gasteiger charge is 2.12. The minimum absolute atomic E-state index is 0.0312. The number of nitro groups is 1. The van der Waals surface area contributed by atoms with Crippen LogP contribution in [0.3, 0.4) is 0 Å². The van der Waals surface area contributed by atoms with E-state index in [1.54, 1.807) is 24.3 Å². The van der Waals surface area contributed by atoms with Crippen molar-refractivity contribution >= 4 is 28.2 Å². The third-order valence-corrected chi connectivity index (χ3v) is 3.38. The molecule has 0 saturated heterocycles. The summed E-state index contributed by atoms with van der Waals surface area (Å²) >= 11 is 6.16. The lowest BCUT2D eigenvalue weighted by molar-refractivity contribution is -0.384. The fourth-order valence-electron chi connectivity index (χ4n) is 2.02. The number of methoxy groups -OCH3 is 1. The molecule has 0 unspecified atom stereocenters. The molecule has 7 heteroatoms. The number of hydrogen-bond donors (Lipinski definition) is 0. The van der Waals surface area contributed by atoms with Crippen molar-refractivity contribution < 1.29 is 9.66 Å². The SMILES string of the molecule is COc1[c]cc2c(Cl)nc(-c3cccc([N+](=O)[O-])c3)nc2c1. The van der Waals surface area contributed by atoms with Gasteiger partial charge in [-0.15, -0.1) is 0 Å². The molecule has 1 heterocycles. The normalized spacial score (nSPS) is 10.6. The molecule has 0 aliphatic rings. The highest BCUT2D eigenvalue weighted by Crippen LogP contribution is 2.28. The summed E-state index contributed by atoms with van der Waals surface area (Å²) in [6.45, 7) is 0. The first-order chi connectivity index (χ1) is 10.6. The fourth-order valence-corrected chi connectivity index (χ4v) is 2.25. The Morgan fingerprint density at radius 2 is 2.14 bits per heavy atom. The minimum atomic E-state index is -0.468. The predicted molar refractivity (Wildman–Crippen MR) is 82.0 cm³/mol. The lowest BCUT2D eigenvalue weighted by Gasteiger charge is -2.06. The Labute approximate surface area is 130 Å². The van der Waals surface area contributed by atoms with Crippen molar-refractivity contribution in [3.05, 3.63) is 57.7 Å². The molecule has 0 spiro atoms. The Morgan fingerprint density at radius 3 is 2.86 bits per heavy atom. The van der Waals surface area contributed by atoms with Crippen LogP contribution in [0.2, 0.25) is 5.15 Å².